The van der Waals surface area contributed by atoms with Gasteiger partial charge in [-0.15, -0.1) is 0 Å². The van der Waals surface area contributed by atoms with Gasteiger partial charge < -0.3 is 14.4 Å². The van der Waals surface area contributed by atoms with E-state index in [0.717, 1.165) is 16.9 Å². The molecule has 1 saturated carbocycles. The van der Waals surface area contributed by atoms with Crippen molar-refractivity contribution in [2.45, 2.75) is 31.4 Å². The standard InChI is InChI=1S/C19H19ClN2O2/c20-14-7-9-16(10-8-14)24-12-15(23)11-22-18-4-2-1-3-17(18)21-19(22)13-5-6-13/h1-4,7-10,13,15,23H,5-6,11-12H2. The van der Waals surface area contributed by atoms with E-state index in [4.69, 9.17) is 21.3 Å². The van der Waals surface area contributed by atoms with Gasteiger partial charge in [0.15, 0.2) is 0 Å². The minimum atomic E-state index is -0.601. The Balaban J connectivity index is 1.49. The van der Waals surface area contributed by atoms with Crippen LogP contribution in [-0.2, 0) is 6.54 Å². The molecular weight excluding hydrogens is 324 g/mol. The topological polar surface area (TPSA) is 47.3 Å². The highest BCUT2D eigenvalue weighted by Gasteiger charge is 2.30. The second-order valence-electron chi connectivity index (χ2n) is 6.26. The number of imidazole rings is 1. The van der Waals surface area contributed by atoms with Crippen LogP contribution in [0, 0.1) is 0 Å². The quantitative estimate of drug-likeness (QED) is 0.736. The van der Waals surface area contributed by atoms with E-state index >= 15 is 0 Å². The summed E-state index contributed by atoms with van der Waals surface area (Å²) in [6.07, 6.45) is 1.76. The van der Waals surface area contributed by atoms with E-state index in [1.54, 1.807) is 24.3 Å². The van der Waals surface area contributed by atoms with Gasteiger partial charge in [0.05, 0.1) is 17.6 Å². The molecule has 1 aliphatic carbocycles. The summed E-state index contributed by atoms with van der Waals surface area (Å²) < 4.78 is 7.80. The van der Waals surface area contributed by atoms with Crippen molar-refractivity contribution >= 4 is 22.6 Å². The molecule has 4 nitrogen and oxygen atoms in total. The second kappa shape index (κ2) is 6.46. The van der Waals surface area contributed by atoms with Crippen molar-refractivity contribution in [3.05, 3.63) is 59.4 Å². The normalized spacial score (nSPS) is 15.6. The molecule has 1 N–H and O–H groups in total. The van der Waals surface area contributed by atoms with Crippen LogP contribution in [0.1, 0.15) is 24.6 Å². The van der Waals surface area contributed by atoms with Crippen LogP contribution in [0.2, 0.25) is 5.02 Å². The first-order valence-corrected chi connectivity index (χ1v) is 8.60. The first-order valence-electron chi connectivity index (χ1n) is 8.22. The van der Waals surface area contributed by atoms with Gasteiger partial charge in [-0.3, -0.25) is 0 Å². The van der Waals surface area contributed by atoms with Crippen LogP contribution in [0.3, 0.4) is 0 Å². The number of fused-ring (bicyclic) bond motifs is 1. The van der Waals surface area contributed by atoms with Crippen LogP contribution in [0.15, 0.2) is 48.5 Å². The maximum absolute atomic E-state index is 10.4. The number of halogens is 1. The van der Waals surface area contributed by atoms with Crippen molar-refractivity contribution in [1.29, 1.82) is 0 Å². The molecule has 0 saturated heterocycles. The van der Waals surface area contributed by atoms with Gasteiger partial charge in [0.25, 0.3) is 0 Å². The Morgan fingerprint density at radius 1 is 1.17 bits per heavy atom. The molecule has 0 radical (unpaired) electrons. The maximum atomic E-state index is 10.4. The van der Waals surface area contributed by atoms with Gasteiger partial charge in [-0.2, -0.15) is 0 Å². The SMILES string of the molecule is OC(COc1ccc(Cl)cc1)Cn1c(C2CC2)nc2ccccc21. The second-order valence-corrected chi connectivity index (χ2v) is 6.70. The first kappa shape index (κ1) is 15.5. The average molecular weight is 343 g/mol. The molecule has 0 bridgehead atoms. The smallest absolute Gasteiger partial charge is 0.119 e. The predicted molar refractivity (Wildman–Crippen MR) is 94.7 cm³/mol. The molecule has 5 heteroatoms. The van der Waals surface area contributed by atoms with Crippen molar-refractivity contribution in [2.75, 3.05) is 6.61 Å². The molecule has 1 heterocycles. The minimum absolute atomic E-state index is 0.234. The zero-order valence-corrected chi connectivity index (χ0v) is 14.0. The van der Waals surface area contributed by atoms with Gasteiger partial charge in [0.2, 0.25) is 0 Å². The highest BCUT2D eigenvalue weighted by molar-refractivity contribution is 6.30. The first-order chi connectivity index (χ1) is 11.7. The summed E-state index contributed by atoms with van der Waals surface area (Å²) in [6.45, 7) is 0.720. The third-order valence-electron chi connectivity index (χ3n) is 4.28. The zero-order chi connectivity index (χ0) is 16.5. The van der Waals surface area contributed by atoms with E-state index < -0.39 is 6.10 Å². The van der Waals surface area contributed by atoms with Crippen molar-refractivity contribution < 1.29 is 9.84 Å². The lowest BCUT2D eigenvalue weighted by atomic mass is 10.3. The lowest BCUT2D eigenvalue weighted by Crippen LogP contribution is -2.24. The van der Waals surface area contributed by atoms with Crippen molar-refractivity contribution in [2.24, 2.45) is 0 Å². The summed E-state index contributed by atoms with van der Waals surface area (Å²) in [4.78, 5) is 4.75. The summed E-state index contributed by atoms with van der Waals surface area (Å²) in [5.74, 6) is 2.32. The van der Waals surface area contributed by atoms with E-state index in [0.29, 0.717) is 23.2 Å². The molecule has 0 spiro atoms. The van der Waals surface area contributed by atoms with Gasteiger partial charge in [0.1, 0.15) is 24.3 Å². The Hall–Kier alpha value is -2.04. The fraction of sp³-hybridized carbons (Fsp3) is 0.316. The summed E-state index contributed by atoms with van der Waals surface area (Å²) in [7, 11) is 0. The fourth-order valence-corrected chi connectivity index (χ4v) is 3.05. The Labute approximate surface area is 145 Å². The molecule has 1 aliphatic rings. The van der Waals surface area contributed by atoms with E-state index in [2.05, 4.69) is 10.6 Å². The summed E-state index contributed by atoms with van der Waals surface area (Å²) >= 11 is 5.86. The van der Waals surface area contributed by atoms with E-state index in [1.165, 1.54) is 12.8 Å². The molecule has 0 amide bonds. The van der Waals surface area contributed by atoms with Crippen molar-refractivity contribution in [3.8, 4) is 5.75 Å². The Kier molecular flexibility index (Phi) is 4.17. The molecular formula is C19H19ClN2O2. The van der Waals surface area contributed by atoms with Gasteiger partial charge in [-0.1, -0.05) is 23.7 Å². The number of hydrogen-bond donors (Lipinski definition) is 1. The van der Waals surface area contributed by atoms with Crippen LogP contribution in [-0.4, -0.2) is 27.4 Å². The molecule has 2 aromatic carbocycles. The Morgan fingerprint density at radius 3 is 2.67 bits per heavy atom. The Bertz CT molecular complexity index is 840. The van der Waals surface area contributed by atoms with Gasteiger partial charge >= 0.3 is 0 Å². The molecule has 3 aromatic rings. The van der Waals surface area contributed by atoms with Gasteiger partial charge in [-0.05, 0) is 49.2 Å². The lowest BCUT2D eigenvalue weighted by Gasteiger charge is -2.15. The van der Waals surface area contributed by atoms with E-state index in [1.807, 2.05) is 18.2 Å². The highest BCUT2D eigenvalue weighted by atomic mass is 35.5. The number of rotatable bonds is 6. The number of benzene rings is 2. The number of hydrogen-bond acceptors (Lipinski definition) is 3. The number of aliphatic hydroxyl groups is 1. The number of ether oxygens (including phenoxy) is 1. The molecule has 1 aromatic heterocycles. The van der Waals surface area contributed by atoms with Gasteiger partial charge in [0, 0.05) is 10.9 Å². The van der Waals surface area contributed by atoms with Crippen LogP contribution < -0.4 is 4.74 Å². The zero-order valence-electron chi connectivity index (χ0n) is 13.2. The summed E-state index contributed by atoms with van der Waals surface area (Å²) in [5.41, 5.74) is 2.06. The number of nitrogens with zero attached hydrogens (tertiary/aromatic N) is 2. The third-order valence-corrected chi connectivity index (χ3v) is 4.53. The largest absolute Gasteiger partial charge is 0.491 e. The molecule has 1 fully saturated rings. The van der Waals surface area contributed by atoms with E-state index in [-0.39, 0.29) is 6.61 Å². The Morgan fingerprint density at radius 2 is 1.92 bits per heavy atom. The van der Waals surface area contributed by atoms with E-state index in [9.17, 15) is 5.11 Å². The van der Waals surface area contributed by atoms with Crippen LogP contribution in [0.5, 0.6) is 5.75 Å². The minimum Gasteiger partial charge on any atom is -0.491 e. The van der Waals surface area contributed by atoms with Crippen LogP contribution >= 0.6 is 11.6 Å². The maximum Gasteiger partial charge on any atom is 0.119 e. The predicted octanol–water partition coefficient (Wildman–Crippen LogP) is 4.01. The van der Waals surface area contributed by atoms with Crippen LogP contribution in [0.4, 0.5) is 0 Å². The number of aromatic nitrogens is 2. The third kappa shape index (κ3) is 3.25. The molecule has 1 atom stereocenters. The fourth-order valence-electron chi connectivity index (χ4n) is 2.93. The summed E-state index contributed by atoms with van der Waals surface area (Å²) in [5, 5.41) is 11.1. The molecule has 4 rings (SSSR count). The molecule has 124 valence electrons. The van der Waals surface area contributed by atoms with Crippen LogP contribution in [0.25, 0.3) is 11.0 Å². The average Bonchev–Trinajstić information content (AvgIpc) is 3.38. The number of para-hydroxylation sites is 2. The molecule has 1 unspecified atom stereocenters. The van der Waals surface area contributed by atoms with Gasteiger partial charge in [-0.25, -0.2) is 4.98 Å². The monoisotopic (exact) mass is 342 g/mol. The van der Waals surface area contributed by atoms with Crippen molar-refractivity contribution in [1.82, 2.24) is 9.55 Å². The van der Waals surface area contributed by atoms with Crippen molar-refractivity contribution in [3.63, 3.8) is 0 Å². The highest BCUT2D eigenvalue weighted by Crippen LogP contribution is 2.40. The molecule has 0 aliphatic heterocycles. The lowest BCUT2D eigenvalue weighted by molar-refractivity contribution is 0.0927. The summed E-state index contributed by atoms with van der Waals surface area (Å²) in [6, 6.07) is 15.2. The number of aliphatic hydroxyl groups excluding tert-OH is 1. The molecule has 24 heavy (non-hydrogen) atoms.